The lowest BCUT2D eigenvalue weighted by molar-refractivity contribution is -0.150. The minimum atomic E-state index is -1.04. The fraction of sp³-hybridized carbons (Fsp3) is 0.900. The summed E-state index contributed by atoms with van der Waals surface area (Å²) in [5, 5.41) is 10.0. The van der Waals surface area contributed by atoms with Crippen LogP contribution < -0.4 is 0 Å². The van der Waals surface area contributed by atoms with Crippen molar-refractivity contribution in [3.05, 3.63) is 0 Å². The van der Waals surface area contributed by atoms with Crippen LogP contribution in [-0.4, -0.2) is 34.6 Å². The third kappa shape index (κ3) is 2.02. The van der Waals surface area contributed by atoms with E-state index in [-0.39, 0.29) is 5.91 Å². The second kappa shape index (κ2) is 4.09. The number of amides is 1. The molecule has 0 heterocycles. The van der Waals surface area contributed by atoms with E-state index in [2.05, 4.69) is 0 Å². The highest BCUT2D eigenvalue weighted by atomic mass is 16.3. The van der Waals surface area contributed by atoms with Crippen LogP contribution in [0.3, 0.4) is 0 Å². The molecule has 0 atom stereocenters. The van der Waals surface area contributed by atoms with E-state index in [1.807, 2.05) is 13.8 Å². The Hall–Kier alpha value is -0.570. The van der Waals surface area contributed by atoms with Crippen molar-refractivity contribution in [1.82, 2.24) is 4.90 Å². The first-order chi connectivity index (χ1) is 6.14. The van der Waals surface area contributed by atoms with Crippen LogP contribution in [0.15, 0.2) is 0 Å². The summed E-state index contributed by atoms with van der Waals surface area (Å²) in [7, 11) is 0. The molecule has 1 saturated carbocycles. The molecule has 1 aliphatic rings. The van der Waals surface area contributed by atoms with Gasteiger partial charge < -0.3 is 10.0 Å². The number of carbonyl (C=O) groups excluding carboxylic acids is 1. The van der Waals surface area contributed by atoms with Crippen LogP contribution in [0.25, 0.3) is 0 Å². The molecular weight excluding hydrogens is 166 g/mol. The van der Waals surface area contributed by atoms with Gasteiger partial charge in [0.2, 0.25) is 0 Å². The predicted octanol–water partition coefficient (Wildman–Crippen LogP) is 1.16. The first kappa shape index (κ1) is 10.5. The van der Waals surface area contributed by atoms with E-state index < -0.39 is 5.60 Å². The average Bonchev–Trinajstić information content (AvgIpc) is 2.55. The van der Waals surface area contributed by atoms with Crippen molar-refractivity contribution in [2.75, 3.05) is 13.1 Å². The predicted molar refractivity (Wildman–Crippen MR) is 51.3 cm³/mol. The van der Waals surface area contributed by atoms with Crippen molar-refractivity contribution < 1.29 is 9.90 Å². The Morgan fingerprint density at radius 2 is 1.77 bits per heavy atom. The molecule has 0 aliphatic heterocycles. The van der Waals surface area contributed by atoms with Crippen LogP contribution in [0.4, 0.5) is 0 Å². The van der Waals surface area contributed by atoms with Gasteiger partial charge in [0.15, 0.2) is 0 Å². The van der Waals surface area contributed by atoms with Gasteiger partial charge in [-0.3, -0.25) is 4.79 Å². The van der Waals surface area contributed by atoms with Gasteiger partial charge in [0.1, 0.15) is 5.60 Å². The van der Waals surface area contributed by atoms with Crippen molar-refractivity contribution in [3.8, 4) is 0 Å². The molecule has 0 aromatic rings. The molecule has 1 amide bonds. The Bertz CT molecular complexity index is 181. The topological polar surface area (TPSA) is 40.5 Å². The van der Waals surface area contributed by atoms with Gasteiger partial charge in [-0.1, -0.05) is 0 Å². The Morgan fingerprint density at radius 1 is 1.31 bits per heavy atom. The molecule has 1 aliphatic carbocycles. The summed E-state index contributed by atoms with van der Waals surface area (Å²) in [5.41, 5.74) is -1.04. The average molecular weight is 185 g/mol. The summed E-state index contributed by atoms with van der Waals surface area (Å²) < 4.78 is 0. The third-order valence-corrected chi connectivity index (χ3v) is 2.88. The molecule has 76 valence electrons. The van der Waals surface area contributed by atoms with Crippen molar-refractivity contribution >= 4 is 5.91 Å². The van der Waals surface area contributed by atoms with Crippen molar-refractivity contribution in [2.45, 2.75) is 45.1 Å². The molecule has 0 unspecified atom stereocenters. The minimum absolute atomic E-state index is 0.0741. The zero-order chi connectivity index (χ0) is 9.90. The molecule has 3 heteroatoms. The fourth-order valence-corrected chi connectivity index (χ4v) is 1.98. The zero-order valence-electron chi connectivity index (χ0n) is 8.55. The highest BCUT2D eigenvalue weighted by molar-refractivity contribution is 5.85. The van der Waals surface area contributed by atoms with Gasteiger partial charge in [-0.15, -0.1) is 0 Å². The third-order valence-electron chi connectivity index (χ3n) is 2.88. The van der Waals surface area contributed by atoms with Crippen molar-refractivity contribution in [3.63, 3.8) is 0 Å². The molecule has 0 aromatic carbocycles. The number of carbonyl (C=O) groups is 1. The van der Waals surface area contributed by atoms with Crippen LogP contribution in [0.2, 0.25) is 0 Å². The lowest BCUT2D eigenvalue weighted by Crippen LogP contribution is -2.47. The van der Waals surface area contributed by atoms with E-state index in [0.717, 1.165) is 12.8 Å². The van der Waals surface area contributed by atoms with E-state index in [0.29, 0.717) is 25.9 Å². The summed E-state index contributed by atoms with van der Waals surface area (Å²) in [4.78, 5) is 13.5. The number of hydrogen-bond donors (Lipinski definition) is 1. The van der Waals surface area contributed by atoms with Gasteiger partial charge in [0.05, 0.1) is 0 Å². The summed E-state index contributed by atoms with van der Waals surface area (Å²) in [6.07, 6.45) is 3.23. The summed E-state index contributed by atoms with van der Waals surface area (Å²) >= 11 is 0. The quantitative estimate of drug-likeness (QED) is 0.716. The van der Waals surface area contributed by atoms with Crippen LogP contribution in [0, 0.1) is 0 Å². The first-order valence-electron chi connectivity index (χ1n) is 5.16. The number of rotatable bonds is 3. The van der Waals surface area contributed by atoms with Crippen molar-refractivity contribution in [2.24, 2.45) is 0 Å². The minimum Gasteiger partial charge on any atom is -0.380 e. The SMILES string of the molecule is CCN(CC)C(=O)C1(O)CCCC1. The van der Waals surface area contributed by atoms with E-state index in [4.69, 9.17) is 0 Å². The highest BCUT2D eigenvalue weighted by Crippen LogP contribution is 2.31. The summed E-state index contributed by atoms with van der Waals surface area (Å²) in [5.74, 6) is -0.0741. The van der Waals surface area contributed by atoms with Gasteiger partial charge in [0.25, 0.3) is 5.91 Å². The maximum atomic E-state index is 11.8. The van der Waals surface area contributed by atoms with Gasteiger partial charge in [-0.2, -0.15) is 0 Å². The van der Waals surface area contributed by atoms with Gasteiger partial charge in [-0.25, -0.2) is 0 Å². The standard InChI is InChI=1S/C10H19NO2/c1-3-11(4-2)9(12)10(13)7-5-6-8-10/h13H,3-8H2,1-2H3. The summed E-state index contributed by atoms with van der Waals surface area (Å²) in [6.45, 7) is 5.27. The Kier molecular flexibility index (Phi) is 3.31. The van der Waals surface area contributed by atoms with Gasteiger partial charge >= 0.3 is 0 Å². The van der Waals surface area contributed by atoms with Crippen LogP contribution >= 0.6 is 0 Å². The molecule has 1 fully saturated rings. The first-order valence-corrected chi connectivity index (χ1v) is 5.16. The lowest BCUT2D eigenvalue weighted by atomic mass is 10.0. The van der Waals surface area contributed by atoms with Gasteiger partial charge in [0, 0.05) is 13.1 Å². The second-order valence-electron chi connectivity index (χ2n) is 3.72. The van der Waals surface area contributed by atoms with Crippen LogP contribution in [0.5, 0.6) is 0 Å². The lowest BCUT2D eigenvalue weighted by Gasteiger charge is -2.28. The smallest absolute Gasteiger partial charge is 0.254 e. The maximum Gasteiger partial charge on any atom is 0.254 e. The zero-order valence-corrected chi connectivity index (χ0v) is 8.55. The number of likely N-dealkylation sites (N-methyl/N-ethyl adjacent to an activating group) is 1. The van der Waals surface area contributed by atoms with E-state index >= 15 is 0 Å². The molecule has 0 saturated heterocycles. The maximum absolute atomic E-state index is 11.8. The number of aliphatic hydroxyl groups is 1. The Labute approximate surface area is 79.7 Å². The Balaban J connectivity index is 2.64. The van der Waals surface area contributed by atoms with E-state index in [1.54, 1.807) is 4.90 Å². The molecule has 0 aromatic heterocycles. The molecule has 13 heavy (non-hydrogen) atoms. The molecule has 0 spiro atoms. The van der Waals surface area contributed by atoms with E-state index in [1.165, 1.54) is 0 Å². The number of hydrogen-bond acceptors (Lipinski definition) is 2. The molecule has 3 nitrogen and oxygen atoms in total. The monoisotopic (exact) mass is 185 g/mol. The molecule has 1 N–H and O–H groups in total. The second-order valence-corrected chi connectivity index (χ2v) is 3.72. The van der Waals surface area contributed by atoms with Crippen LogP contribution in [-0.2, 0) is 4.79 Å². The molecule has 0 bridgehead atoms. The Morgan fingerprint density at radius 3 is 2.15 bits per heavy atom. The molecular formula is C10H19NO2. The highest BCUT2D eigenvalue weighted by Gasteiger charge is 2.40. The van der Waals surface area contributed by atoms with E-state index in [9.17, 15) is 9.90 Å². The molecule has 1 rings (SSSR count). The fourth-order valence-electron chi connectivity index (χ4n) is 1.98. The number of nitrogens with zero attached hydrogens (tertiary/aromatic N) is 1. The van der Waals surface area contributed by atoms with Crippen molar-refractivity contribution in [1.29, 1.82) is 0 Å². The normalized spacial score (nSPS) is 20.2. The largest absolute Gasteiger partial charge is 0.380 e. The molecule has 0 radical (unpaired) electrons. The van der Waals surface area contributed by atoms with Crippen LogP contribution in [0.1, 0.15) is 39.5 Å². The van der Waals surface area contributed by atoms with Gasteiger partial charge in [-0.05, 0) is 39.5 Å². The summed E-state index contributed by atoms with van der Waals surface area (Å²) in [6, 6.07) is 0.